The van der Waals surface area contributed by atoms with Crippen LogP contribution in [0.25, 0.3) is 0 Å². The maximum absolute atomic E-state index is 12.2. The van der Waals surface area contributed by atoms with Crippen LogP contribution < -0.4 is 21.5 Å². The highest BCUT2D eigenvalue weighted by Gasteiger charge is 2.11. The van der Waals surface area contributed by atoms with Gasteiger partial charge in [-0.2, -0.15) is 0 Å². The van der Waals surface area contributed by atoms with Crippen molar-refractivity contribution in [1.82, 2.24) is 16.2 Å². The Labute approximate surface area is 168 Å². The molecule has 0 unspecified atom stereocenters. The number of hydrogen-bond donors (Lipinski definition) is 4. The molecule has 2 aromatic carbocycles. The topological polar surface area (TPSA) is 99.3 Å². The molecule has 0 saturated heterocycles. The summed E-state index contributed by atoms with van der Waals surface area (Å²) in [6.07, 6.45) is 0. The van der Waals surface area contributed by atoms with E-state index < -0.39 is 5.91 Å². The van der Waals surface area contributed by atoms with Crippen molar-refractivity contribution in [2.45, 2.75) is 20.8 Å². The molecule has 0 bridgehead atoms. The van der Waals surface area contributed by atoms with Crippen molar-refractivity contribution < 1.29 is 14.4 Å². The van der Waals surface area contributed by atoms with Crippen LogP contribution in [0.5, 0.6) is 0 Å². The number of rotatable bonds is 4. The SMILES string of the molecule is Cc1ccc(C(=O)NC(=S)NNC(=O)c2ccc(NC(=O)C(C)C)cc2)cc1. The number of thiocarbonyl (C=S) groups is 1. The molecule has 8 heteroatoms. The van der Waals surface area contributed by atoms with Crippen LogP contribution in [0.15, 0.2) is 48.5 Å². The Bertz CT molecular complexity index is 877. The average Bonchev–Trinajstić information content (AvgIpc) is 2.67. The summed E-state index contributed by atoms with van der Waals surface area (Å²) >= 11 is 5.01. The zero-order valence-electron chi connectivity index (χ0n) is 15.8. The number of amides is 3. The molecule has 0 radical (unpaired) electrons. The van der Waals surface area contributed by atoms with Gasteiger partial charge in [0.05, 0.1) is 0 Å². The molecule has 0 spiro atoms. The molecule has 2 aromatic rings. The molecule has 4 N–H and O–H groups in total. The normalized spacial score (nSPS) is 10.1. The van der Waals surface area contributed by atoms with Crippen LogP contribution in [0.4, 0.5) is 5.69 Å². The third kappa shape index (κ3) is 6.17. The number of carbonyl (C=O) groups is 3. The molecule has 2 rings (SSSR count). The van der Waals surface area contributed by atoms with Crippen LogP contribution in [-0.4, -0.2) is 22.8 Å². The lowest BCUT2D eigenvalue weighted by Crippen LogP contribution is -2.48. The number of hydrazine groups is 1. The summed E-state index contributed by atoms with van der Waals surface area (Å²) in [6, 6.07) is 13.4. The van der Waals surface area contributed by atoms with Crippen LogP contribution in [-0.2, 0) is 4.79 Å². The summed E-state index contributed by atoms with van der Waals surface area (Å²) in [5, 5.41) is 5.20. The van der Waals surface area contributed by atoms with E-state index in [4.69, 9.17) is 12.2 Å². The zero-order valence-corrected chi connectivity index (χ0v) is 16.6. The lowest BCUT2D eigenvalue weighted by atomic mass is 10.1. The number of hydrogen-bond acceptors (Lipinski definition) is 4. The van der Waals surface area contributed by atoms with Crippen molar-refractivity contribution in [3.63, 3.8) is 0 Å². The van der Waals surface area contributed by atoms with Gasteiger partial charge in [-0.1, -0.05) is 31.5 Å². The van der Waals surface area contributed by atoms with Crippen molar-refractivity contribution >= 4 is 40.7 Å². The highest BCUT2D eigenvalue weighted by atomic mass is 32.1. The van der Waals surface area contributed by atoms with Gasteiger partial charge >= 0.3 is 0 Å². The van der Waals surface area contributed by atoms with E-state index in [2.05, 4.69) is 21.5 Å². The monoisotopic (exact) mass is 398 g/mol. The zero-order chi connectivity index (χ0) is 20.7. The van der Waals surface area contributed by atoms with Gasteiger partial charge in [0.15, 0.2) is 5.11 Å². The van der Waals surface area contributed by atoms with E-state index >= 15 is 0 Å². The van der Waals surface area contributed by atoms with Gasteiger partial charge < -0.3 is 5.32 Å². The molecule has 28 heavy (non-hydrogen) atoms. The van der Waals surface area contributed by atoms with Gasteiger partial charge in [0, 0.05) is 22.7 Å². The van der Waals surface area contributed by atoms with Crippen LogP contribution in [0, 0.1) is 12.8 Å². The average molecular weight is 398 g/mol. The van der Waals surface area contributed by atoms with E-state index in [0.717, 1.165) is 5.56 Å². The Morgan fingerprint density at radius 3 is 1.93 bits per heavy atom. The van der Waals surface area contributed by atoms with Crippen LogP contribution in [0.2, 0.25) is 0 Å². The Balaban J connectivity index is 1.84. The Hall–Kier alpha value is -3.26. The predicted octanol–water partition coefficient (Wildman–Crippen LogP) is 2.54. The molecule has 0 saturated carbocycles. The fourth-order valence-electron chi connectivity index (χ4n) is 2.09. The second-order valence-electron chi connectivity index (χ2n) is 6.45. The first-order valence-corrected chi connectivity index (χ1v) is 9.06. The van der Waals surface area contributed by atoms with Crippen LogP contribution in [0.1, 0.15) is 40.1 Å². The molecular formula is C20H22N4O3S. The quantitative estimate of drug-likeness (QED) is 0.469. The summed E-state index contributed by atoms with van der Waals surface area (Å²) in [6.45, 7) is 5.51. The van der Waals surface area contributed by atoms with E-state index in [9.17, 15) is 14.4 Å². The Kier molecular flexibility index (Phi) is 7.22. The molecular weight excluding hydrogens is 376 g/mol. The molecule has 0 aliphatic heterocycles. The van der Waals surface area contributed by atoms with Crippen molar-refractivity contribution in [3.05, 3.63) is 65.2 Å². The summed E-state index contributed by atoms with van der Waals surface area (Å²) in [7, 11) is 0. The molecule has 0 heterocycles. The summed E-state index contributed by atoms with van der Waals surface area (Å²) in [5.41, 5.74) is 7.36. The summed E-state index contributed by atoms with van der Waals surface area (Å²) in [4.78, 5) is 35.9. The van der Waals surface area contributed by atoms with Gasteiger partial charge in [-0.3, -0.25) is 30.6 Å². The first-order chi connectivity index (χ1) is 13.3. The van der Waals surface area contributed by atoms with Crippen molar-refractivity contribution in [2.24, 2.45) is 5.92 Å². The van der Waals surface area contributed by atoms with E-state index in [1.54, 1.807) is 50.2 Å². The van der Waals surface area contributed by atoms with E-state index in [1.807, 2.05) is 19.1 Å². The van der Waals surface area contributed by atoms with E-state index in [1.165, 1.54) is 0 Å². The first kappa shape index (κ1) is 21.0. The van der Waals surface area contributed by atoms with Gasteiger partial charge in [0.25, 0.3) is 11.8 Å². The van der Waals surface area contributed by atoms with Gasteiger partial charge in [0.2, 0.25) is 5.91 Å². The molecule has 3 amide bonds. The number of nitrogens with one attached hydrogen (secondary N) is 4. The standard InChI is InChI=1S/C20H22N4O3S/c1-12(2)17(25)21-16-10-8-15(9-11-16)19(27)23-24-20(28)22-18(26)14-6-4-13(3)5-7-14/h4-12H,1-3H3,(H,21,25)(H,23,27)(H2,22,24,26,28). The highest BCUT2D eigenvalue weighted by molar-refractivity contribution is 7.80. The lowest BCUT2D eigenvalue weighted by molar-refractivity contribution is -0.118. The maximum atomic E-state index is 12.2. The minimum absolute atomic E-state index is 0.0280. The molecule has 146 valence electrons. The second-order valence-corrected chi connectivity index (χ2v) is 6.86. The van der Waals surface area contributed by atoms with Crippen molar-refractivity contribution in [2.75, 3.05) is 5.32 Å². The third-order valence-electron chi connectivity index (χ3n) is 3.77. The van der Waals surface area contributed by atoms with Crippen LogP contribution >= 0.6 is 12.2 Å². The third-order valence-corrected chi connectivity index (χ3v) is 3.97. The predicted molar refractivity (Wildman–Crippen MR) is 112 cm³/mol. The van der Waals surface area contributed by atoms with Gasteiger partial charge in [-0.15, -0.1) is 0 Å². The lowest BCUT2D eigenvalue weighted by Gasteiger charge is -2.11. The summed E-state index contributed by atoms with van der Waals surface area (Å²) < 4.78 is 0. The number of anilines is 1. The van der Waals surface area contributed by atoms with Gasteiger partial charge in [-0.05, 0) is 55.5 Å². The fourth-order valence-corrected chi connectivity index (χ4v) is 2.23. The van der Waals surface area contributed by atoms with Gasteiger partial charge in [-0.25, -0.2) is 0 Å². The molecule has 0 aliphatic carbocycles. The maximum Gasteiger partial charge on any atom is 0.269 e. The molecule has 0 aromatic heterocycles. The minimum atomic E-state index is -0.436. The smallest absolute Gasteiger partial charge is 0.269 e. The van der Waals surface area contributed by atoms with Gasteiger partial charge in [0.1, 0.15) is 0 Å². The van der Waals surface area contributed by atoms with E-state index in [-0.39, 0.29) is 22.8 Å². The number of benzene rings is 2. The summed E-state index contributed by atoms with van der Waals surface area (Å²) in [5.74, 6) is -1.05. The van der Waals surface area contributed by atoms with Crippen molar-refractivity contribution in [1.29, 1.82) is 0 Å². The molecule has 0 aliphatic rings. The first-order valence-electron chi connectivity index (χ1n) is 8.65. The minimum Gasteiger partial charge on any atom is -0.326 e. The Morgan fingerprint density at radius 2 is 1.36 bits per heavy atom. The molecule has 0 fully saturated rings. The van der Waals surface area contributed by atoms with E-state index in [0.29, 0.717) is 16.8 Å². The highest BCUT2D eigenvalue weighted by Crippen LogP contribution is 2.11. The number of aryl methyl sites for hydroxylation is 1. The molecule has 0 atom stereocenters. The second kappa shape index (κ2) is 9.61. The van der Waals surface area contributed by atoms with Crippen molar-refractivity contribution in [3.8, 4) is 0 Å². The largest absolute Gasteiger partial charge is 0.326 e. The molecule has 7 nitrogen and oxygen atoms in total. The fraction of sp³-hybridized carbons (Fsp3) is 0.200. The Morgan fingerprint density at radius 1 is 0.821 bits per heavy atom. The number of carbonyl (C=O) groups excluding carboxylic acids is 3. The van der Waals surface area contributed by atoms with Crippen LogP contribution in [0.3, 0.4) is 0 Å².